The highest BCUT2D eigenvalue weighted by molar-refractivity contribution is 7.89. The van der Waals surface area contributed by atoms with E-state index in [2.05, 4.69) is 4.98 Å². The molecule has 1 aliphatic carbocycles. The number of ether oxygens (including phenoxy) is 1. The van der Waals surface area contributed by atoms with E-state index in [4.69, 9.17) is 4.74 Å². The van der Waals surface area contributed by atoms with Gasteiger partial charge in [-0.2, -0.15) is 4.31 Å². The van der Waals surface area contributed by atoms with Gasteiger partial charge >= 0.3 is 0 Å². The summed E-state index contributed by atoms with van der Waals surface area (Å²) >= 11 is 1.46. The zero-order valence-corrected chi connectivity index (χ0v) is 19.1. The van der Waals surface area contributed by atoms with E-state index in [0.29, 0.717) is 19.7 Å². The van der Waals surface area contributed by atoms with Gasteiger partial charge < -0.3 is 9.64 Å². The van der Waals surface area contributed by atoms with Crippen LogP contribution in [0.5, 0.6) is 0 Å². The number of rotatable bonds is 5. The Hall–Kier alpha value is -1.03. The maximum absolute atomic E-state index is 12.9. The van der Waals surface area contributed by atoms with Crippen molar-refractivity contribution in [2.45, 2.75) is 77.0 Å². The quantitative estimate of drug-likeness (QED) is 0.702. The number of aromatic nitrogens is 1. The van der Waals surface area contributed by atoms with E-state index >= 15 is 0 Å². The average Bonchev–Trinajstić information content (AvgIpc) is 3.45. The summed E-state index contributed by atoms with van der Waals surface area (Å²) in [6.45, 7) is 7.42. The zero-order valence-electron chi connectivity index (χ0n) is 17.5. The molecular weight excluding hydrogens is 410 g/mol. The molecular formula is C20H31N3O4S2. The molecule has 1 atom stereocenters. The summed E-state index contributed by atoms with van der Waals surface area (Å²) in [6, 6.07) is 0.203. The fraction of sp³-hybridized carbons (Fsp3) is 0.800. The minimum Gasteiger partial charge on any atom is -0.375 e. The van der Waals surface area contributed by atoms with Gasteiger partial charge in [-0.3, -0.25) is 4.79 Å². The highest BCUT2D eigenvalue weighted by Crippen LogP contribution is 2.41. The van der Waals surface area contributed by atoms with Crippen molar-refractivity contribution in [1.29, 1.82) is 0 Å². The molecule has 3 aliphatic rings. The summed E-state index contributed by atoms with van der Waals surface area (Å²) in [6.07, 6.45) is 4.97. The van der Waals surface area contributed by atoms with Gasteiger partial charge in [0.15, 0.2) is 0 Å². The predicted molar refractivity (Wildman–Crippen MR) is 113 cm³/mol. The Morgan fingerprint density at radius 3 is 2.48 bits per heavy atom. The number of likely N-dealkylation sites (tertiary alicyclic amines) is 1. The topological polar surface area (TPSA) is 79.8 Å². The molecule has 1 amide bonds. The Morgan fingerprint density at radius 2 is 1.93 bits per heavy atom. The molecule has 9 heteroatoms. The highest BCUT2D eigenvalue weighted by Gasteiger charge is 2.48. The van der Waals surface area contributed by atoms with Crippen molar-refractivity contribution in [1.82, 2.24) is 14.2 Å². The van der Waals surface area contributed by atoms with Gasteiger partial charge in [0.05, 0.1) is 22.1 Å². The predicted octanol–water partition coefficient (Wildman–Crippen LogP) is 2.73. The first-order valence-electron chi connectivity index (χ1n) is 10.6. The fourth-order valence-corrected chi connectivity index (χ4v) is 7.27. The van der Waals surface area contributed by atoms with Crippen LogP contribution in [0.1, 0.15) is 65.8 Å². The summed E-state index contributed by atoms with van der Waals surface area (Å²) in [4.78, 5) is 19.9. The fourth-order valence-electron chi connectivity index (χ4n) is 4.79. The lowest BCUT2D eigenvalue weighted by Crippen LogP contribution is -2.56. The first-order valence-corrected chi connectivity index (χ1v) is 13.1. The number of thiazole rings is 1. The lowest BCUT2D eigenvalue weighted by molar-refractivity contribution is -0.123. The molecule has 1 aromatic rings. The molecule has 0 bridgehead atoms. The molecule has 0 N–H and O–H groups in total. The molecule has 2 saturated heterocycles. The lowest BCUT2D eigenvalue weighted by atomic mass is 9.82. The van der Waals surface area contributed by atoms with Crippen molar-refractivity contribution in [2.75, 3.05) is 25.4 Å². The largest absolute Gasteiger partial charge is 0.375 e. The molecule has 1 spiro atoms. The average molecular weight is 442 g/mol. The van der Waals surface area contributed by atoms with Gasteiger partial charge in [0.2, 0.25) is 10.0 Å². The molecule has 162 valence electrons. The first kappa shape index (κ1) is 21.2. The third kappa shape index (κ3) is 4.24. The van der Waals surface area contributed by atoms with Crippen LogP contribution in [0.3, 0.4) is 0 Å². The number of carbonyl (C=O) groups is 1. The van der Waals surface area contributed by atoms with E-state index < -0.39 is 10.0 Å². The molecule has 0 aromatic carbocycles. The number of piperidine rings is 1. The van der Waals surface area contributed by atoms with Crippen molar-refractivity contribution in [2.24, 2.45) is 0 Å². The van der Waals surface area contributed by atoms with Crippen molar-refractivity contribution < 1.29 is 17.9 Å². The number of nitrogens with zero attached hydrogens (tertiary/aromatic N) is 3. The molecule has 4 rings (SSSR count). The smallest absolute Gasteiger partial charge is 0.265 e. The molecule has 1 saturated carbocycles. The summed E-state index contributed by atoms with van der Waals surface area (Å²) in [5, 5.41) is 0.912. The van der Waals surface area contributed by atoms with Gasteiger partial charge in [-0.25, -0.2) is 13.4 Å². The SMILES string of the molecule is CCS(=O)(=O)N(C1CC1)C1CCOC2(CCN(C(=O)c3sc(C)nc3C)CC2)C1. The highest BCUT2D eigenvalue weighted by atomic mass is 32.2. The second-order valence-corrected chi connectivity index (χ2v) is 11.9. The van der Waals surface area contributed by atoms with Crippen LogP contribution in [0, 0.1) is 13.8 Å². The van der Waals surface area contributed by atoms with Crippen molar-refractivity contribution in [3.63, 3.8) is 0 Å². The van der Waals surface area contributed by atoms with Crippen LogP contribution in [0.2, 0.25) is 0 Å². The third-order valence-corrected chi connectivity index (χ3v) is 9.51. The first-order chi connectivity index (χ1) is 13.7. The van der Waals surface area contributed by atoms with Gasteiger partial charge in [-0.1, -0.05) is 0 Å². The lowest BCUT2D eigenvalue weighted by Gasteiger charge is -2.48. The van der Waals surface area contributed by atoms with E-state index in [9.17, 15) is 13.2 Å². The molecule has 29 heavy (non-hydrogen) atoms. The van der Waals surface area contributed by atoms with Crippen LogP contribution < -0.4 is 0 Å². The summed E-state index contributed by atoms with van der Waals surface area (Å²) in [5.41, 5.74) is 0.492. The van der Waals surface area contributed by atoms with E-state index in [1.54, 1.807) is 11.2 Å². The number of hydrogen-bond acceptors (Lipinski definition) is 6. The van der Waals surface area contributed by atoms with Crippen LogP contribution in [0.25, 0.3) is 0 Å². The standard InChI is InChI=1S/C20H31N3O4S2/c1-4-29(25,26)23(16-5-6-16)17-7-12-27-20(13-17)8-10-22(11-9-20)19(24)18-14(2)21-15(3)28-18/h16-17H,4-13H2,1-3H3. The third-order valence-electron chi connectivity index (χ3n) is 6.48. The second kappa shape index (κ2) is 7.90. The molecule has 3 heterocycles. The zero-order chi connectivity index (χ0) is 20.8. The summed E-state index contributed by atoms with van der Waals surface area (Å²) < 4.78 is 33.5. The number of amides is 1. The van der Waals surface area contributed by atoms with Crippen molar-refractivity contribution >= 4 is 27.3 Å². The van der Waals surface area contributed by atoms with Crippen LogP contribution in [0.15, 0.2) is 0 Å². The number of aryl methyl sites for hydroxylation is 2. The van der Waals surface area contributed by atoms with Crippen LogP contribution in [-0.4, -0.2) is 71.6 Å². The van der Waals surface area contributed by atoms with Crippen LogP contribution >= 0.6 is 11.3 Å². The molecule has 2 aliphatic heterocycles. The van der Waals surface area contributed by atoms with E-state index in [0.717, 1.165) is 54.1 Å². The number of sulfonamides is 1. The van der Waals surface area contributed by atoms with E-state index in [-0.39, 0.29) is 29.3 Å². The summed E-state index contributed by atoms with van der Waals surface area (Å²) in [7, 11) is -3.21. The molecule has 1 unspecified atom stereocenters. The molecule has 7 nitrogen and oxygen atoms in total. The van der Waals surface area contributed by atoms with E-state index in [1.807, 2.05) is 18.7 Å². The van der Waals surface area contributed by atoms with Gasteiger partial charge in [0.1, 0.15) is 4.88 Å². The Balaban J connectivity index is 1.44. The van der Waals surface area contributed by atoms with Gasteiger partial charge in [0.25, 0.3) is 5.91 Å². The molecule has 0 radical (unpaired) electrons. The van der Waals surface area contributed by atoms with Crippen LogP contribution in [-0.2, 0) is 14.8 Å². The Labute approximate surface area is 177 Å². The number of hydrogen-bond donors (Lipinski definition) is 0. The Kier molecular flexibility index (Phi) is 5.78. The summed E-state index contributed by atoms with van der Waals surface area (Å²) in [5.74, 6) is 0.215. The van der Waals surface area contributed by atoms with Crippen LogP contribution in [0.4, 0.5) is 0 Å². The maximum Gasteiger partial charge on any atom is 0.265 e. The maximum atomic E-state index is 12.9. The van der Waals surface area contributed by atoms with Gasteiger partial charge in [-0.15, -0.1) is 11.3 Å². The monoisotopic (exact) mass is 441 g/mol. The Bertz CT molecular complexity index is 870. The Morgan fingerprint density at radius 1 is 1.24 bits per heavy atom. The second-order valence-electron chi connectivity index (χ2n) is 8.58. The van der Waals surface area contributed by atoms with Gasteiger partial charge in [0, 0.05) is 31.8 Å². The normalized spacial score (nSPS) is 25.0. The minimum atomic E-state index is -3.21. The molecule has 3 fully saturated rings. The van der Waals surface area contributed by atoms with E-state index in [1.165, 1.54) is 11.3 Å². The van der Waals surface area contributed by atoms with Crippen molar-refractivity contribution in [3.8, 4) is 0 Å². The molecule has 1 aromatic heterocycles. The number of carbonyl (C=O) groups excluding carboxylic acids is 1. The van der Waals surface area contributed by atoms with Gasteiger partial charge in [-0.05, 0) is 59.3 Å². The minimum absolute atomic E-state index is 0.0230. The van der Waals surface area contributed by atoms with Crippen molar-refractivity contribution in [3.05, 3.63) is 15.6 Å².